The Morgan fingerprint density at radius 1 is 0.786 bits per heavy atom. The van der Waals surface area contributed by atoms with Crippen molar-refractivity contribution in [2.75, 3.05) is 6.54 Å². The Morgan fingerprint density at radius 3 is 1.36 bits per heavy atom. The lowest BCUT2D eigenvalue weighted by Crippen LogP contribution is -2.79. The van der Waals surface area contributed by atoms with Crippen molar-refractivity contribution >= 4 is 16.5 Å². The van der Waals surface area contributed by atoms with Crippen LogP contribution in [-0.4, -0.2) is 27.2 Å². The summed E-state index contributed by atoms with van der Waals surface area (Å²) in [6, 6.07) is 5.97. The van der Waals surface area contributed by atoms with Crippen molar-refractivity contribution in [1.82, 2.24) is 4.23 Å². The normalized spacial score (nSPS) is 24.6. The standard InChI is InChI=1S/C11H27NSi2/c1-6-12-13(7-2,8-3)11-14(12,9-4)10-5/h6-11H2,1-5H3. The number of rotatable bonds is 5. The van der Waals surface area contributed by atoms with Crippen molar-refractivity contribution in [1.29, 1.82) is 0 Å². The van der Waals surface area contributed by atoms with Crippen LogP contribution in [0.2, 0.25) is 29.8 Å². The lowest BCUT2D eigenvalue weighted by atomic mass is 10.8. The van der Waals surface area contributed by atoms with E-state index >= 15 is 0 Å². The van der Waals surface area contributed by atoms with E-state index in [-0.39, 0.29) is 0 Å². The first kappa shape index (κ1) is 12.5. The molecular formula is C11H27NSi2. The Bertz CT molecular complexity index is 168. The van der Waals surface area contributed by atoms with Crippen molar-refractivity contribution in [3.8, 4) is 0 Å². The molecule has 1 nitrogen and oxygen atoms in total. The van der Waals surface area contributed by atoms with Crippen molar-refractivity contribution < 1.29 is 0 Å². The molecule has 0 amide bonds. The van der Waals surface area contributed by atoms with Crippen molar-refractivity contribution in [2.45, 2.75) is 64.5 Å². The first-order chi connectivity index (χ1) is 6.64. The summed E-state index contributed by atoms with van der Waals surface area (Å²) in [4.78, 5) is 0. The molecule has 0 atom stereocenters. The Kier molecular flexibility index (Phi) is 4.00. The summed E-state index contributed by atoms with van der Waals surface area (Å²) in [5.74, 6) is 0. The second kappa shape index (κ2) is 4.50. The molecule has 14 heavy (non-hydrogen) atoms. The zero-order chi connectivity index (χ0) is 10.8. The maximum Gasteiger partial charge on any atom is 0.119 e. The van der Waals surface area contributed by atoms with Gasteiger partial charge in [0.1, 0.15) is 16.5 Å². The molecule has 84 valence electrons. The van der Waals surface area contributed by atoms with Crippen LogP contribution in [0, 0.1) is 0 Å². The highest BCUT2D eigenvalue weighted by molar-refractivity contribution is 7.09. The minimum absolute atomic E-state index is 0.902. The van der Waals surface area contributed by atoms with Crippen LogP contribution in [0.4, 0.5) is 0 Å². The van der Waals surface area contributed by atoms with E-state index in [9.17, 15) is 0 Å². The van der Waals surface area contributed by atoms with Gasteiger partial charge in [0.25, 0.3) is 0 Å². The summed E-state index contributed by atoms with van der Waals surface area (Å²) < 4.78 is 3.06. The Labute approximate surface area is 92.1 Å². The predicted molar refractivity (Wildman–Crippen MR) is 70.6 cm³/mol. The minimum atomic E-state index is -0.902. The largest absolute Gasteiger partial charge is 0.345 e. The van der Waals surface area contributed by atoms with Gasteiger partial charge in [-0.1, -0.05) is 34.6 Å². The van der Waals surface area contributed by atoms with Gasteiger partial charge in [0.2, 0.25) is 0 Å². The molecule has 1 rings (SSSR count). The molecule has 0 radical (unpaired) electrons. The second-order valence-corrected chi connectivity index (χ2v) is 15.5. The molecule has 0 saturated carbocycles. The van der Waals surface area contributed by atoms with Gasteiger partial charge in [-0.25, -0.2) is 0 Å². The van der Waals surface area contributed by atoms with Gasteiger partial charge in [-0.2, -0.15) is 0 Å². The first-order valence-corrected chi connectivity index (χ1v) is 11.6. The van der Waals surface area contributed by atoms with Crippen LogP contribution in [0.25, 0.3) is 0 Å². The number of nitrogens with zero attached hydrogens (tertiary/aromatic N) is 1. The molecule has 0 spiro atoms. The Hall–Kier alpha value is 0.394. The molecule has 0 aromatic carbocycles. The molecule has 1 aliphatic heterocycles. The van der Waals surface area contributed by atoms with Crippen LogP contribution in [0.1, 0.15) is 34.6 Å². The van der Waals surface area contributed by atoms with Crippen LogP contribution >= 0.6 is 0 Å². The van der Waals surface area contributed by atoms with E-state index in [0.29, 0.717) is 0 Å². The van der Waals surface area contributed by atoms with E-state index in [0.717, 1.165) is 0 Å². The molecule has 0 aliphatic carbocycles. The predicted octanol–water partition coefficient (Wildman–Crippen LogP) is 3.83. The monoisotopic (exact) mass is 229 g/mol. The Balaban J connectivity index is 2.81. The molecule has 1 saturated heterocycles. The van der Waals surface area contributed by atoms with Crippen LogP contribution in [-0.2, 0) is 0 Å². The maximum absolute atomic E-state index is 3.06. The number of hydrogen-bond acceptors (Lipinski definition) is 1. The molecule has 0 aromatic heterocycles. The van der Waals surface area contributed by atoms with Gasteiger partial charge in [-0.3, -0.25) is 0 Å². The van der Waals surface area contributed by atoms with Crippen LogP contribution in [0.5, 0.6) is 0 Å². The third-order valence-electron chi connectivity index (χ3n) is 4.75. The second-order valence-electron chi connectivity index (χ2n) is 4.78. The van der Waals surface area contributed by atoms with Crippen LogP contribution in [0.15, 0.2) is 0 Å². The molecule has 1 aliphatic rings. The quantitative estimate of drug-likeness (QED) is 0.648. The first-order valence-electron chi connectivity index (χ1n) is 6.42. The summed E-state index contributed by atoms with van der Waals surface area (Å²) in [6.07, 6.45) is 0. The highest BCUT2D eigenvalue weighted by Crippen LogP contribution is 2.47. The number of hydrogen-bond donors (Lipinski definition) is 0. The van der Waals surface area contributed by atoms with Gasteiger partial charge in [0.05, 0.1) is 0 Å². The molecular weight excluding hydrogens is 202 g/mol. The van der Waals surface area contributed by atoms with E-state index in [2.05, 4.69) is 38.8 Å². The summed E-state index contributed by atoms with van der Waals surface area (Å²) in [7, 11) is -1.80. The van der Waals surface area contributed by atoms with Gasteiger partial charge in [0.15, 0.2) is 0 Å². The zero-order valence-corrected chi connectivity index (χ0v) is 12.7. The lowest BCUT2D eigenvalue weighted by Gasteiger charge is -2.64. The van der Waals surface area contributed by atoms with Gasteiger partial charge >= 0.3 is 0 Å². The van der Waals surface area contributed by atoms with Crippen molar-refractivity contribution in [2.24, 2.45) is 0 Å². The SMILES string of the molecule is CCN1[Si](CC)(CC)C[Si]1(CC)CC. The molecule has 1 heterocycles. The van der Waals surface area contributed by atoms with Crippen molar-refractivity contribution in [3.05, 3.63) is 0 Å². The van der Waals surface area contributed by atoms with Gasteiger partial charge < -0.3 is 4.23 Å². The highest BCUT2D eigenvalue weighted by Gasteiger charge is 2.59. The fraction of sp³-hybridized carbons (Fsp3) is 1.00. The fourth-order valence-corrected chi connectivity index (χ4v) is 23.1. The zero-order valence-electron chi connectivity index (χ0n) is 10.7. The van der Waals surface area contributed by atoms with E-state index in [1.54, 1.807) is 5.67 Å². The van der Waals surface area contributed by atoms with Crippen LogP contribution < -0.4 is 0 Å². The molecule has 0 unspecified atom stereocenters. The third kappa shape index (κ3) is 1.53. The fourth-order valence-electron chi connectivity index (χ4n) is 3.65. The lowest BCUT2D eigenvalue weighted by molar-refractivity contribution is 0.572. The average Bonchev–Trinajstić information content (AvgIpc) is 2.21. The topological polar surface area (TPSA) is 3.24 Å². The summed E-state index contributed by atoms with van der Waals surface area (Å²) in [6.45, 7) is 13.5. The average molecular weight is 230 g/mol. The highest BCUT2D eigenvalue weighted by atomic mass is 28.5. The van der Waals surface area contributed by atoms with Crippen LogP contribution in [0.3, 0.4) is 0 Å². The smallest absolute Gasteiger partial charge is 0.119 e. The van der Waals surface area contributed by atoms with Gasteiger partial charge in [0, 0.05) is 0 Å². The molecule has 1 fully saturated rings. The minimum Gasteiger partial charge on any atom is -0.345 e. The van der Waals surface area contributed by atoms with E-state index in [1.807, 2.05) is 0 Å². The maximum atomic E-state index is 3.06. The Morgan fingerprint density at radius 2 is 1.14 bits per heavy atom. The third-order valence-corrected chi connectivity index (χ3v) is 21.1. The summed E-state index contributed by atoms with van der Waals surface area (Å²) in [5, 5.41) is 0. The molecule has 0 N–H and O–H groups in total. The van der Waals surface area contributed by atoms with Gasteiger partial charge in [-0.15, -0.1) is 0 Å². The summed E-state index contributed by atoms with van der Waals surface area (Å²) >= 11 is 0. The molecule has 3 heteroatoms. The summed E-state index contributed by atoms with van der Waals surface area (Å²) in [5.41, 5.74) is 1.70. The van der Waals surface area contributed by atoms with Crippen molar-refractivity contribution in [3.63, 3.8) is 0 Å². The van der Waals surface area contributed by atoms with E-state index in [1.165, 1.54) is 30.7 Å². The van der Waals surface area contributed by atoms with E-state index < -0.39 is 16.5 Å². The van der Waals surface area contributed by atoms with E-state index in [4.69, 9.17) is 0 Å². The van der Waals surface area contributed by atoms with Gasteiger partial charge in [-0.05, 0) is 36.4 Å². The molecule has 0 aromatic rings. The molecule has 0 bridgehead atoms.